The molecule has 0 radical (unpaired) electrons. The minimum Gasteiger partial charge on any atom is -0.330 e. The van der Waals surface area contributed by atoms with Gasteiger partial charge in [-0.3, -0.25) is 4.90 Å². The molecule has 1 aliphatic heterocycles. The first kappa shape index (κ1) is 13.9. The third-order valence-electron chi connectivity index (χ3n) is 3.99. The maximum Gasteiger partial charge on any atom is 0.0408 e. The van der Waals surface area contributed by atoms with E-state index in [1.165, 1.54) is 30.5 Å². The topological polar surface area (TPSA) is 29.3 Å². The molecule has 18 heavy (non-hydrogen) atoms. The maximum atomic E-state index is 6.05. The van der Waals surface area contributed by atoms with Gasteiger partial charge >= 0.3 is 0 Å². The second kappa shape index (κ2) is 6.05. The number of nitrogens with zero attached hydrogens (tertiary/aromatic N) is 1. The van der Waals surface area contributed by atoms with E-state index in [-0.39, 0.29) is 0 Å². The molecule has 1 saturated heterocycles. The summed E-state index contributed by atoms with van der Waals surface area (Å²) in [6.45, 7) is 7.48. The first-order chi connectivity index (χ1) is 8.67. The average molecular weight is 267 g/mol. The monoisotopic (exact) mass is 266 g/mol. The molecule has 2 N–H and O–H groups in total. The number of hydrogen-bond acceptors (Lipinski definition) is 2. The van der Waals surface area contributed by atoms with Crippen molar-refractivity contribution in [2.75, 3.05) is 19.6 Å². The van der Waals surface area contributed by atoms with Crippen molar-refractivity contribution in [2.45, 2.75) is 32.7 Å². The molecule has 2 nitrogen and oxygen atoms in total. The molecule has 1 heterocycles. The Labute approximate surface area is 115 Å². The second-order valence-corrected chi connectivity index (χ2v) is 5.70. The molecule has 2 atom stereocenters. The zero-order valence-corrected chi connectivity index (χ0v) is 12.1. The largest absolute Gasteiger partial charge is 0.330 e. The fraction of sp³-hybridized carbons (Fsp3) is 0.600. The van der Waals surface area contributed by atoms with Crippen LogP contribution in [0.15, 0.2) is 18.2 Å². The minimum absolute atomic E-state index is 0.479. The molecule has 0 amide bonds. The zero-order valence-electron chi connectivity index (χ0n) is 11.3. The van der Waals surface area contributed by atoms with Crippen molar-refractivity contribution >= 4 is 11.6 Å². The minimum atomic E-state index is 0.479. The van der Waals surface area contributed by atoms with Gasteiger partial charge in [-0.2, -0.15) is 0 Å². The molecule has 0 saturated carbocycles. The first-order valence-electron chi connectivity index (χ1n) is 6.87. The summed E-state index contributed by atoms with van der Waals surface area (Å²) in [6, 6.07) is 6.72. The van der Waals surface area contributed by atoms with Crippen molar-refractivity contribution in [3.05, 3.63) is 34.3 Å². The summed E-state index contributed by atoms with van der Waals surface area (Å²) in [4.78, 5) is 2.58. The molecular formula is C15H23ClN2. The van der Waals surface area contributed by atoms with E-state index >= 15 is 0 Å². The Kier molecular flexibility index (Phi) is 4.66. The predicted molar refractivity (Wildman–Crippen MR) is 78.0 cm³/mol. The van der Waals surface area contributed by atoms with Gasteiger partial charge in [0.05, 0.1) is 0 Å². The van der Waals surface area contributed by atoms with Crippen molar-refractivity contribution in [3.8, 4) is 0 Å². The third-order valence-corrected chi connectivity index (χ3v) is 4.23. The highest BCUT2D eigenvalue weighted by Crippen LogP contribution is 2.38. The molecule has 2 unspecified atom stereocenters. The lowest BCUT2D eigenvalue weighted by Crippen LogP contribution is -2.29. The standard InChI is InChI=1S/C15H23ClN2/c1-3-7-18-8-6-12(10-17)15(18)14-5-4-13(16)9-11(14)2/h4-5,9,12,15H,3,6-8,10,17H2,1-2H3. The number of benzene rings is 1. The molecule has 100 valence electrons. The summed E-state index contributed by atoms with van der Waals surface area (Å²) < 4.78 is 0. The Bertz CT molecular complexity index is 405. The third kappa shape index (κ3) is 2.71. The predicted octanol–water partition coefficient (Wildman–Crippen LogP) is 3.38. The van der Waals surface area contributed by atoms with E-state index in [2.05, 4.69) is 30.9 Å². The van der Waals surface area contributed by atoms with Gasteiger partial charge in [-0.05, 0) is 68.6 Å². The molecule has 2 rings (SSSR count). The fourth-order valence-corrected chi connectivity index (χ4v) is 3.36. The number of hydrogen-bond donors (Lipinski definition) is 1. The second-order valence-electron chi connectivity index (χ2n) is 5.27. The van der Waals surface area contributed by atoms with Gasteiger partial charge < -0.3 is 5.73 Å². The number of rotatable bonds is 4. The first-order valence-corrected chi connectivity index (χ1v) is 7.25. The molecule has 1 aromatic carbocycles. The molecule has 1 aliphatic rings. The van der Waals surface area contributed by atoms with E-state index in [1.54, 1.807) is 0 Å². The van der Waals surface area contributed by atoms with Crippen LogP contribution in [0.5, 0.6) is 0 Å². The van der Waals surface area contributed by atoms with Crippen LogP contribution in [0.4, 0.5) is 0 Å². The number of likely N-dealkylation sites (tertiary alicyclic amines) is 1. The lowest BCUT2D eigenvalue weighted by Gasteiger charge is -2.29. The van der Waals surface area contributed by atoms with Crippen LogP contribution in [0.3, 0.4) is 0 Å². The summed E-state index contributed by atoms with van der Waals surface area (Å²) in [5.41, 5.74) is 8.64. The van der Waals surface area contributed by atoms with Crippen molar-refractivity contribution in [1.82, 2.24) is 4.90 Å². The molecule has 3 heteroatoms. The Hall–Kier alpha value is -0.570. The molecule has 0 aromatic heterocycles. The zero-order chi connectivity index (χ0) is 13.1. The van der Waals surface area contributed by atoms with E-state index < -0.39 is 0 Å². The SMILES string of the molecule is CCCN1CCC(CN)C1c1ccc(Cl)cc1C. The van der Waals surface area contributed by atoms with Crippen LogP contribution >= 0.6 is 11.6 Å². The van der Waals surface area contributed by atoms with Gasteiger partial charge in [-0.1, -0.05) is 24.6 Å². The summed E-state index contributed by atoms with van der Waals surface area (Å²) in [5, 5.41) is 0.820. The molecule has 1 aromatic rings. The quantitative estimate of drug-likeness (QED) is 0.905. The van der Waals surface area contributed by atoms with E-state index in [9.17, 15) is 0 Å². The molecular weight excluding hydrogens is 244 g/mol. The van der Waals surface area contributed by atoms with E-state index in [4.69, 9.17) is 17.3 Å². The van der Waals surface area contributed by atoms with Crippen LogP contribution in [0, 0.1) is 12.8 Å². The van der Waals surface area contributed by atoms with Crippen molar-refractivity contribution in [1.29, 1.82) is 0 Å². The molecule has 0 aliphatic carbocycles. The van der Waals surface area contributed by atoms with E-state index in [0.717, 1.165) is 18.1 Å². The van der Waals surface area contributed by atoms with Gasteiger partial charge in [0.25, 0.3) is 0 Å². The van der Waals surface area contributed by atoms with Gasteiger partial charge in [0.1, 0.15) is 0 Å². The Morgan fingerprint density at radius 2 is 2.22 bits per heavy atom. The Morgan fingerprint density at radius 1 is 1.44 bits per heavy atom. The highest BCUT2D eigenvalue weighted by Gasteiger charge is 2.34. The van der Waals surface area contributed by atoms with Gasteiger partial charge in [-0.15, -0.1) is 0 Å². The molecule has 0 spiro atoms. The van der Waals surface area contributed by atoms with Gasteiger partial charge in [0.15, 0.2) is 0 Å². The van der Waals surface area contributed by atoms with Crippen molar-refractivity contribution < 1.29 is 0 Å². The van der Waals surface area contributed by atoms with Crippen LogP contribution < -0.4 is 5.73 Å². The summed E-state index contributed by atoms with van der Waals surface area (Å²) in [6.07, 6.45) is 2.41. The Morgan fingerprint density at radius 3 is 2.83 bits per heavy atom. The highest BCUT2D eigenvalue weighted by molar-refractivity contribution is 6.30. The molecule has 1 fully saturated rings. The number of halogens is 1. The average Bonchev–Trinajstić information content (AvgIpc) is 2.73. The summed E-state index contributed by atoms with van der Waals surface area (Å²) >= 11 is 6.05. The van der Waals surface area contributed by atoms with Crippen molar-refractivity contribution in [3.63, 3.8) is 0 Å². The van der Waals surface area contributed by atoms with Crippen LogP contribution in [0.2, 0.25) is 5.02 Å². The lowest BCUT2D eigenvalue weighted by atomic mass is 9.91. The van der Waals surface area contributed by atoms with Gasteiger partial charge in [0.2, 0.25) is 0 Å². The Balaban J connectivity index is 2.31. The summed E-state index contributed by atoms with van der Waals surface area (Å²) in [5.74, 6) is 0.580. The van der Waals surface area contributed by atoms with E-state index in [1.807, 2.05) is 6.07 Å². The fourth-order valence-electron chi connectivity index (χ4n) is 3.13. The maximum absolute atomic E-state index is 6.05. The van der Waals surface area contributed by atoms with Crippen molar-refractivity contribution in [2.24, 2.45) is 11.7 Å². The van der Waals surface area contributed by atoms with Gasteiger partial charge in [0, 0.05) is 11.1 Å². The smallest absolute Gasteiger partial charge is 0.0408 e. The van der Waals surface area contributed by atoms with E-state index in [0.29, 0.717) is 12.0 Å². The number of aryl methyl sites for hydroxylation is 1. The van der Waals surface area contributed by atoms with Crippen LogP contribution in [0.25, 0.3) is 0 Å². The highest BCUT2D eigenvalue weighted by atomic mass is 35.5. The van der Waals surface area contributed by atoms with Crippen LogP contribution in [-0.4, -0.2) is 24.5 Å². The summed E-state index contributed by atoms with van der Waals surface area (Å²) in [7, 11) is 0. The normalized spacial score (nSPS) is 24.7. The number of nitrogens with two attached hydrogens (primary N) is 1. The lowest BCUT2D eigenvalue weighted by molar-refractivity contribution is 0.230. The van der Waals surface area contributed by atoms with Crippen LogP contribution in [0.1, 0.15) is 36.9 Å². The van der Waals surface area contributed by atoms with Gasteiger partial charge in [-0.25, -0.2) is 0 Å². The van der Waals surface area contributed by atoms with Crippen LogP contribution in [-0.2, 0) is 0 Å². The molecule has 0 bridgehead atoms.